The van der Waals surface area contributed by atoms with E-state index in [2.05, 4.69) is 10.3 Å². The Labute approximate surface area is 233 Å². The largest absolute Gasteiger partial charge is 0.449 e. The molecule has 1 aromatic carbocycles. The second-order valence-electron chi connectivity index (χ2n) is 8.84. The lowest BCUT2D eigenvalue weighted by Gasteiger charge is -2.36. The summed E-state index contributed by atoms with van der Waals surface area (Å²) in [6.45, 7) is 7.05. The fourth-order valence-electron chi connectivity index (χ4n) is 3.99. The van der Waals surface area contributed by atoms with Crippen LogP contribution in [0.1, 0.15) is 44.1 Å². The number of hydrogen-bond donors (Lipinski definition) is 1. The number of amides is 3. The third-order valence-electron chi connectivity index (χ3n) is 5.99. The van der Waals surface area contributed by atoms with Crippen LogP contribution in [0.25, 0.3) is 10.6 Å². The van der Waals surface area contributed by atoms with E-state index in [4.69, 9.17) is 13.8 Å². The quantitative estimate of drug-likeness (QED) is 0.275. The van der Waals surface area contributed by atoms with Gasteiger partial charge in [0.1, 0.15) is 16.7 Å². The highest BCUT2D eigenvalue weighted by atomic mass is 32.1. The van der Waals surface area contributed by atoms with Gasteiger partial charge >= 0.3 is 13.7 Å². The first-order valence-corrected chi connectivity index (χ1v) is 15.8. The molecule has 3 rings (SSSR count). The van der Waals surface area contributed by atoms with Gasteiger partial charge in [-0.15, -0.1) is 11.3 Å². The Morgan fingerprint density at radius 1 is 1.03 bits per heavy atom. The van der Waals surface area contributed by atoms with Crippen LogP contribution in [-0.2, 0) is 23.1 Å². The van der Waals surface area contributed by atoms with Gasteiger partial charge in [-0.1, -0.05) is 43.7 Å². The van der Waals surface area contributed by atoms with Crippen LogP contribution in [0.2, 0.25) is 0 Å². The van der Waals surface area contributed by atoms with E-state index in [0.29, 0.717) is 24.7 Å². The fourth-order valence-corrected chi connectivity index (χ4v) is 6.57. The number of aromatic nitrogens is 1. The van der Waals surface area contributed by atoms with Gasteiger partial charge in [0.2, 0.25) is 5.91 Å². The second kappa shape index (κ2) is 15.1. The predicted molar refractivity (Wildman–Crippen MR) is 149 cm³/mol. The third kappa shape index (κ3) is 8.86. The van der Waals surface area contributed by atoms with Gasteiger partial charge in [-0.25, -0.2) is 9.78 Å². The number of nitrogens with one attached hydrogen (secondary N) is 1. The molecule has 1 aliphatic rings. The lowest BCUT2D eigenvalue weighted by Crippen LogP contribution is -2.56. The molecule has 1 saturated heterocycles. The van der Waals surface area contributed by atoms with Crippen molar-refractivity contribution >= 4 is 36.8 Å². The van der Waals surface area contributed by atoms with Crippen molar-refractivity contribution in [1.82, 2.24) is 20.1 Å². The molecule has 1 aromatic heterocycles. The number of carbonyl (C=O) groups excluding carboxylic acids is 3. The van der Waals surface area contributed by atoms with Crippen molar-refractivity contribution in [3.63, 3.8) is 0 Å². The maximum atomic E-state index is 13.6. The van der Waals surface area contributed by atoms with Crippen LogP contribution in [-0.4, -0.2) is 90.9 Å². The van der Waals surface area contributed by atoms with Crippen molar-refractivity contribution in [3.05, 3.63) is 41.4 Å². The van der Waals surface area contributed by atoms with Crippen LogP contribution in [0.4, 0.5) is 4.79 Å². The number of unbranched alkanes of at least 4 members (excludes halogenated alkanes) is 1. The Hall–Kier alpha value is -2.79. The molecule has 0 radical (unpaired) electrons. The molecule has 1 N–H and O–H groups in total. The molecule has 0 bridgehead atoms. The van der Waals surface area contributed by atoms with Gasteiger partial charge in [0.15, 0.2) is 0 Å². The molecule has 2 aromatic rings. The van der Waals surface area contributed by atoms with Crippen molar-refractivity contribution in [2.45, 2.75) is 39.7 Å². The molecule has 0 aliphatic carbocycles. The molecule has 3 amide bonds. The summed E-state index contributed by atoms with van der Waals surface area (Å²) in [7, 11) is -3.68. The molecule has 0 saturated carbocycles. The Balaban J connectivity index is 1.72. The summed E-state index contributed by atoms with van der Waals surface area (Å²) < 4.78 is 29.4. The third-order valence-corrected chi connectivity index (χ3v) is 9.00. The number of ether oxygens (including phenoxy) is 1. The Morgan fingerprint density at radius 3 is 2.28 bits per heavy atom. The maximum absolute atomic E-state index is 13.6. The molecule has 1 unspecified atom stereocenters. The normalized spacial score (nSPS) is 14.6. The first-order chi connectivity index (χ1) is 18.8. The van der Waals surface area contributed by atoms with Crippen molar-refractivity contribution < 1.29 is 32.7 Å². The minimum atomic E-state index is -3.68. The van der Waals surface area contributed by atoms with Crippen molar-refractivity contribution in [2.24, 2.45) is 0 Å². The van der Waals surface area contributed by atoms with E-state index in [1.165, 1.54) is 11.3 Å². The van der Waals surface area contributed by atoms with Gasteiger partial charge in [-0.3, -0.25) is 14.2 Å². The highest BCUT2D eigenvalue weighted by Gasteiger charge is 2.37. The summed E-state index contributed by atoms with van der Waals surface area (Å²) in [5.41, 5.74) is 1.02. The van der Waals surface area contributed by atoms with Gasteiger partial charge in [0.25, 0.3) is 5.91 Å². The number of hydrogen-bond acceptors (Lipinski definition) is 9. The predicted octanol–water partition coefficient (Wildman–Crippen LogP) is 4.26. The first-order valence-electron chi connectivity index (χ1n) is 13.2. The number of benzene rings is 1. The van der Waals surface area contributed by atoms with Crippen molar-refractivity contribution in [1.29, 1.82) is 0 Å². The highest BCUT2D eigenvalue weighted by Crippen LogP contribution is 2.48. The lowest BCUT2D eigenvalue weighted by molar-refractivity contribution is -0.134. The van der Waals surface area contributed by atoms with E-state index in [0.717, 1.165) is 18.4 Å². The summed E-state index contributed by atoms with van der Waals surface area (Å²) in [4.78, 5) is 46.6. The minimum Gasteiger partial charge on any atom is -0.449 e. The standard InChI is InChI=1S/C26H37N4O7PS/c1-4-7-17-35-26(33)30-15-13-29(14-16-30)25(32)21(18-38(34,36-5-2)37-6-3)27-23(31)22-19-39-24(28-22)20-11-9-8-10-12-20/h8-12,19,21H,4-7,13-18H2,1-3H3,(H,27,31). The van der Waals surface area contributed by atoms with E-state index in [9.17, 15) is 18.9 Å². The van der Waals surface area contributed by atoms with Crippen molar-refractivity contribution in [2.75, 3.05) is 52.2 Å². The molecule has 0 spiro atoms. The Bertz CT molecular complexity index is 1130. The highest BCUT2D eigenvalue weighted by molar-refractivity contribution is 7.54. The summed E-state index contributed by atoms with van der Waals surface area (Å²) >= 11 is 1.31. The van der Waals surface area contributed by atoms with Crippen LogP contribution < -0.4 is 5.32 Å². The van der Waals surface area contributed by atoms with Gasteiger partial charge in [0, 0.05) is 37.1 Å². The number of thiazole rings is 1. The fraction of sp³-hybridized carbons (Fsp3) is 0.538. The molecule has 11 nitrogen and oxygen atoms in total. The molecule has 1 atom stereocenters. The molecule has 39 heavy (non-hydrogen) atoms. The Kier molecular flexibility index (Phi) is 11.9. The van der Waals surface area contributed by atoms with Crippen LogP contribution in [0.3, 0.4) is 0 Å². The van der Waals surface area contributed by atoms with Gasteiger partial charge in [-0.05, 0) is 20.3 Å². The average molecular weight is 581 g/mol. The van der Waals surface area contributed by atoms with E-state index in [1.54, 1.807) is 29.0 Å². The second-order valence-corrected chi connectivity index (χ2v) is 11.8. The van der Waals surface area contributed by atoms with E-state index >= 15 is 0 Å². The number of rotatable bonds is 13. The van der Waals surface area contributed by atoms with Crippen LogP contribution in [0.5, 0.6) is 0 Å². The van der Waals surface area contributed by atoms with E-state index in [-0.39, 0.29) is 38.2 Å². The average Bonchev–Trinajstić information content (AvgIpc) is 3.44. The monoisotopic (exact) mass is 580 g/mol. The molecule has 13 heteroatoms. The molecular formula is C26H37N4O7PS. The number of nitrogens with zero attached hydrogens (tertiary/aromatic N) is 3. The zero-order valence-corrected chi connectivity index (χ0v) is 24.4. The van der Waals surface area contributed by atoms with Gasteiger partial charge in [-0.2, -0.15) is 0 Å². The molecular weight excluding hydrogens is 543 g/mol. The number of piperazine rings is 1. The van der Waals surface area contributed by atoms with Crippen LogP contribution in [0.15, 0.2) is 35.7 Å². The van der Waals surface area contributed by atoms with E-state index < -0.39 is 31.5 Å². The lowest BCUT2D eigenvalue weighted by atomic mass is 10.2. The molecule has 214 valence electrons. The van der Waals surface area contributed by atoms with Crippen molar-refractivity contribution in [3.8, 4) is 10.6 Å². The SMILES string of the molecule is CCCCOC(=O)N1CCN(C(=O)C(CP(=O)(OCC)OCC)NC(=O)c2csc(-c3ccccc3)n2)CC1. The smallest absolute Gasteiger partial charge is 0.409 e. The zero-order valence-electron chi connectivity index (χ0n) is 22.7. The summed E-state index contributed by atoms with van der Waals surface area (Å²) in [5, 5.41) is 5.00. The van der Waals surface area contributed by atoms with Crippen LogP contribution in [0, 0.1) is 0 Å². The molecule has 1 fully saturated rings. The Morgan fingerprint density at radius 2 is 1.67 bits per heavy atom. The number of carbonyl (C=O) groups is 3. The summed E-state index contributed by atoms with van der Waals surface area (Å²) in [5.74, 6) is -0.995. The summed E-state index contributed by atoms with van der Waals surface area (Å²) in [6.07, 6.45) is 0.978. The van der Waals surface area contributed by atoms with E-state index in [1.807, 2.05) is 37.3 Å². The zero-order chi connectivity index (χ0) is 28.3. The maximum Gasteiger partial charge on any atom is 0.409 e. The minimum absolute atomic E-state index is 0.122. The first kappa shape index (κ1) is 30.7. The molecule has 2 heterocycles. The van der Waals surface area contributed by atoms with Gasteiger partial charge in [0.05, 0.1) is 26.0 Å². The topological polar surface area (TPSA) is 127 Å². The van der Waals surface area contributed by atoms with Crippen LogP contribution >= 0.6 is 18.9 Å². The molecule has 1 aliphatic heterocycles. The summed E-state index contributed by atoms with van der Waals surface area (Å²) in [6, 6.07) is 8.28. The van der Waals surface area contributed by atoms with Gasteiger partial charge < -0.3 is 28.9 Å².